The van der Waals surface area contributed by atoms with Gasteiger partial charge in [-0.25, -0.2) is 0 Å². The van der Waals surface area contributed by atoms with Crippen LogP contribution in [-0.2, 0) is 13.6 Å². The highest BCUT2D eigenvalue weighted by atomic mass is 28.4. The lowest BCUT2D eigenvalue weighted by atomic mass is 10.0. The zero-order valence-corrected chi connectivity index (χ0v) is 25.4. The molecule has 0 unspecified atom stereocenters. The van der Waals surface area contributed by atoms with Gasteiger partial charge in [0.1, 0.15) is 5.78 Å². The Kier molecular flexibility index (Phi) is 8.37. The molecule has 2 aromatic carbocycles. The molecule has 0 saturated heterocycles. The lowest BCUT2D eigenvalue weighted by Crippen LogP contribution is -2.68. The van der Waals surface area contributed by atoms with Crippen LogP contribution in [0.1, 0.15) is 67.7 Å². The van der Waals surface area contributed by atoms with Gasteiger partial charge in [-0.05, 0) is 46.4 Å². The van der Waals surface area contributed by atoms with Crippen molar-refractivity contribution in [2.24, 2.45) is 5.92 Å². The molecule has 3 rings (SSSR count). The monoisotopic (exact) mass is 510 g/mol. The largest absolute Gasteiger partial charge is 0.411 e. The van der Waals surface area contributed by atoms with E-state index in [1.54, 1.807) is 0 Å². The van der Waals surface area contributed by atoms with E-state index in [0.717, 1.165) is 6.42 Å². The molecule has 35 heavy (non-hydrogen) atoms. The summed E-state index contributed by atoms with van der Waals surface area (Å²) in [6.45, 7) is 20.5. The molecule has 192 valence electrons. The smallest absolute Gasteiger partial charge is 0.261 e. The van der Waals surface area contributed by atoms with Gasteiger partial charge in [-0.3, -0.25) is 4.79 Å². The SMILES string of the molecule is C[C@H]1C[C@@H](O[Si](c2ccccc2)(c2ccccc2)C(C)(C)C)[C@H](O[Si](C)(C)C(C)(C)C)CCC1=O. The minimum absolute atomic E-state index is 0.0220. The average Bonchev–Trinajstić information content (AvgIpc) is 2.90. The molecule has 0 amide bonds. The van der Waals surface area contributed by atoms with E-state index in [1.807, 2.05) is 0 Å². The van der Waals surface area contributed by atoms with Gasteiger partial charge in [-0.2, -0.15) is 0 Å². The highest BCUT2D eigenvalue weighted by Gasteiger charge is 2.53. The van der Waals surface area contributed by atoms with Crippen molar-refractivity contribution >= 4 is 32.8 Å². The molecular weight excluding hydrogens is 464 g/mol. The summed E-state index contributed by atoms with van der Waals surface area (Å²) in [5, 5.41) is 2.52. The lowest BCUT2D eigenvalue weighted by Gasteiger charge is -2.48. The van der Waals surface area contributed by atoms with Crippen LogP contribution in [0.5, 0.6) is 0 Å². The molecule has 0 aromatic heterocycles. The summed E-state index contributed by atoms with van der Waals surface area (Å²) in [5.74, 6) is 0.314. The van der Waals surface area contributed by atoms with Gasteiger partial charge < -0.3 is 8.85 Å². The van der Waals surface area contributed by atoms with Gasteiger partial charge >= 0.3 is 0 Å². The maximum absolute atomic E-state index is 12.9. The molecule has 2 aromatic rings. The van der Waals surface area contributed by atoms with E-state index in [9.17, 15) is 4.79 Å². The molecule has 0 radical (unpaired) electrons. The van der Waals surface area contributed by atoms with E-state index in [4.69, 9.17) is 8.85 Å². The molecule has 1 saturated carbocycles. The number of carbonyl (C=O) groups excluding carboxylic acids is 1. The van der Waals surface area contributed by atoms with Crippen LogP contribution in [0.2, 0.25) is 23.2 Å². The van der Waals surface area contributed by atoms with Crippen LogP contribution in [0.4, 0.5) is 0 Å². The number of ketones is 1. The molecule has 3 atom stereocenters. The summed E-state index contributed by atoms with van der Waals surface area (Å²) in [6.07, 6.45) is 1.81. The van der Waals surface area contributed by atoms with E-state index in [2.05, 4.69) is 122 Å². The summed E-state index contributed by atoms with van der Waals surface area (Å²) in [6, 6.07) is 21.6. The number of hydrogen-bond donors (Lipinski definition) is 0. The van der Waals surface area contributed by atoms with E-state index in [1.165, 1.54) is 10.4 Å². The Morgan fingerprint density at radius 3 is 1.66 bits per heavy atom. The Balaban J connectivity index is 2.16. The van der Waals surface area contributed by atoms with E-state index >= 15 is 0 Å². The van der Waals surface area contributed by atoms with Crippen LogP contribution in [-0.4, -0.2) is 34.6 Å². The maximum atomic E-state index is 12.9. The van der Waals surface area contributed by atoms with Crippen molar-refractivity contribution in [3.05, 3.63) is 60.7 Å². The normalized spacial score (nSPS) is 22.7. The van der Waals surface area contributed by atoms with E-state index < -0.39 is 16.6 Å². The van der Waals surface area contributed by atoms with Crippen molar-refractivity contribution in [2.75, 3.05) is 0 Å². The highest BCUT2D eigenvalue weighted by molar-refractivity contribution is 6.99. The van der Waals surface area contributed by atoms with E-state index in [-0.39, 0.29) is 28.2 Å². The van der Waals surface area contributed by atoms with Crippen molar-refractivity contribution in [1.82, 2.24) is 0 Å². The lowest BCUT2D eigenvalue weighted by molar-refractivity contribution is -0.122. The highest BCUT2D eigenvalue weighted by Crippen LogP contribution is 2.42. The van der Waals surface area contributed by atoms with Crippen LogP contribution in [0.25, 0.3) is 0 Å². The van der Waals surface area contributed by atoms with Crippen LogP contribution >= 0.6 is 0 Å². The average molecular weight is 511 g/mol. The number of rotatable bonds is 6. The zero-order chi connectivity index (χ0) is 26.1. The maximum Gasteiger partial charge on any atom is 0.261 e. The first kappa shape index (κ1) is 28.0. The van der Waals surface area contributed by atoms with Crippen LogP contribution < -0.4 is 10.4 Å². The van der Waals surface area contributed by atoms with Crippen molar-refractivity contribution in [3.63, 3.8) is 0 Å². The van der Waals surface area contributed by atoms with Gasteiger partial charge in [0.2, 0.25) is 0 Å². The molecule has 3 nitrogen and oxygen atoms in total. The minimum Gasteiger partial charge on any atom is -0.411 e. The third-order valence-electron chi connectivity index (χ3n) is 8.22. The first-order valence-corrected chi connectivity index (χ1v) is 18.0. The van der Waals surface area contributed by atoms with Gasteiger partial charge in [-0.1, -0.05) is 109 Å². The fourth-order valence-electron chi connectivity index (χ4n) is 5.08. The van der Waals surface area contributed by atoms with Gasteiger partial charge in [0.25, 0.3) is 8.32 Å². The molecule has 1 aliphatic carbocycles. The van der Waals surface area contributed by atoms with Crippen molar-refractivity contribution in [1.29, 1.82) is 0 Å². The summed E-state index contributed by atoms with van der Waals surface area (Å²) < 4.78 is 14.6. The Bertz CT molecular complexity index is 935. The second kappa shape index (κ2) is 10.4. The van der Waals surface area contributed by atoms with E-state index in [0.29, 0.717) is 18.6 Å². The Morgan fingerprint density at radius 1 is 0.743 bits per heavy atom. The van der Waals surface area contributed by atoms with Crippen LogP contribution in [0.15, 0.2) is 60.7 Å². The van der Waals surface area contributed by atoms with Gasteiger partial charge in [0.15, 0.2) is 8.32 Å². The molecular formula is C30H46O3Si2. The summed E-state index contributed by atoms with van der Waals surface area (Å²) >= 11 is 0. The molecule has 1 fully saturated rings. The number of Topliss-reactive ketones (excluding diaryl/α,β-unsaturated/α-hetero) is 1. The second-order valence-electron chi connectivity index (χ2n) is 12.9. The third kappa shape index (κ3) is 5.90. The predicted molar refractivity (Wildman–Crippen MR) is 153 cm³/mol. The number of benzene rings is 2. The zero-order valence-electron chi connectivity index (χ0n) is 23.4. The standard InChI is InChI=1S/C30H46O3Si2/c1-23-22-28(27(21-20-26(23)31)32-34(8,9)29(2,3)4)33-35(30(5,6)7,24-16-12-10-13-17-24)25-18-14-11-15-19-25/h10-19,23,27-28H,20-22H2,1-9H3/t23-,27+,28+/m0/s1. The van der Waals surface area contributed by atoms with Crippen molar-refractivity contribution in [2.45, 2.75) is 103 Å². The fraction of sp³-hybridized carbons (Fsp3) is 0.567. The summed E-state index contributed by atoms with van der Waals surface area (Å²) in [4.78, 5) is 12.9. The van der Waals surface area contributed by atoms with Crippen LogP contribution in [0.3, 0.4) is 0 Å². The van der Waals surface area contributed by atoms with Gasteiger partial charge in [0.05, 0.1) is 12.2 Å². The molecule has 0 heterocycles. The second-order valence-corrected chi connectivity index (χ2v) is 21.9. The fourth-order valence-corrected chi connectivity index (χ4v) is 11.2. The quantitative estimate of drug-likeness (QED) is 0.320. The van der Waals surface area contributed by atoms with Crippen molar-refractivity contribution < 1.29 is 13.6 Å². The van der Waals surface area contributed by atoms with Gasteiger partial charge in [0, 0.05) is 12.3 Å². The summed E-state index contributed by atoms with van der Waals surface area (Å²) in [7, 11) is -4.81. The Morgan fingerprint density at radius 2 is 1.23 bits per heavy atom. The van der Waals surface area contributed by atoms with Gasteiger partial charge in [-0.15, -0.1) is 0 Å². The molecule has 0 bridgehead atoms. The molecule has 1 aliphatic rings. The van der Waals surface area contributed by atoms with Crippen LogP contribution in [0, 0.1) is 5.92 Å². The molecule has 0 aliphatic heterocycles. The topological polar surface area (TPSA) is 35.5 Å². The first-order valence-electron chi connectivity index (χ1n) is 13.2. The van der Waals surface area contributed by atoms with Crippen molar-refractivity contribution in [3.8, 4) is 0 Å². The third-order valence-corrected chi connectivity index (χ3v) is 17.8. The Hall–Kier alpha value is -1.54. The number of carbonyl (C=O) groups is 1. The predicted octanol–water partition coefficient (Wildman–Crippen LogP) is 6.71. The minimum atomic E-state index is -2.75. The first-order chi connectivity index (χ1) is 16.2. The number of hydrogen-bond acceptors (Lipinski definition) is 3. The summed E-state index contributed by atoms with van der Waals surface area (Å²) in [5.41, 5.74) is 0. The Labute approximate surface area is 215 Å². The molecule has 5 heteroatoms. The molecule has 0 spiro atoms. The molecule has 0 N–H and O–H groups in total.